The van der Waals surface area contributed by atoms with E-state index in [1.807, 2.05) is 0 Å². The minimum absolute atomic E-state index is 0.0869. The number of aliphatic hydroxyl groups excluding tert-OH is 1. The van der Waals surface area contributed by atoms with Crippen molar-refractivity contribution in [3.8, 4) is 17.2 Å². The second-order valence-corrected chi connectivity index (χ2v) is 3.98. The van der Waals surface area contributed by atoms with Gasteiger partial charge in [0.25, 0.3) is 5.69 Å². The van der Waals surface area contributed by atoms with Crippen molar-refractivity contribution in [2.75, 3.05) is 7.11 Å². The minimum Gasteiger partial charge on any atom is -0.497 e. The van der Waals surface area contributed by atoms with Crippen LogP contribution in [0.2, 0.25) is 0 Å². The summed E-state index contributed by atoms with van der Waals surface area (Å²) in [7, 11) is 1.57. The number of aliphatic hydroxyl groups is 1. The number of nitro groups is 1. The highest BCUT2D eigenvalue weighted by Crippen LogP contribution is 2.29. The average molecular weight is 275 g/mol. The van der Waals surface area contributed by atoms with Crippen molar-refractivity contribution in [3.05, 3.63) is 58.1 Å². The monoisotopic (exact) mass is 275 g/mol. The maximum Gasteiger partial charge on any atom is 0.270 e. The van der Waals surface area contributed by atoms with Crippen molar-refractivity contribution in [3.63, 3.8) is 0 Å². The van der Waals surface area contributed by atoms with Gasteiger partial charge in [-0.15, -0.1) is 0 Å². The van der Waals surface area contributed by atoms with Gasteiger partial charge in [0.1, 0.15) is 17.2 Å². The zero-order valence-corrected chi connectivity index (χ0v) is 10.8. The first-order chi connectivity index (χ1) is 9.63. The molecule has 20 heavy (non-hydrogen) atoms. The summed E-state index contributed by atoms with van der Waals surface area (Å²) >= 11 is 0. The molecule has 0 aromatic heterocycles. The third-order valence-electron chi connectivity index (χ3n) is 2.71. The minimum atomic E-state index is -0.518. The number of ether oxygens (including phenoxy) is 2. The van der Waals surface area contributed by atoms with E-state index in [1.165, 1.54) is 18.2 Å². The van der Waals surface area contributed by atoms with Gasteiger partial charge in [0.15, 0.2) is 0 Å². The highest BCUT2D eigenvalue weighted by atomic mass is 16.6. The van der Waals surface area contributed by atoms with Gasteiger partial charge in [0, 0.05) is 17.7 Å². The first kappa shape index (κ1) is 13.8. The number of hydrogen-bond acceptors (Lipinski definition) is 5. The van der Waals surface area contributed by atoms with E-state index in [4.69, 9.17) is 9.47 Å². The van der Waals surface area contributed by atoms with Crippen LogP contribution < -0.4 is 9.47 Å². The molecule has 6 nitrogen and oxygen atoms in total. The van der Waals surface area contributed by atoms with E-state index in [0.717, 1.165) is 0 Å². The summed E-state index contributed by atoms with van der Waals surface area (Å²) in [5.74, 6) is 1.63. The van der Waals surface area contributed by atoms with Crippen molar-refractivity contribution in [2.45, 2.75) is 6.61 Å². The van der Waals surface area contributed by atoms with Gasteiger partial charge in [-0.2, -0.15) is 0 Å². The van der Waals surface area contributed by atoms with E-state index in [0.29, 0.717) is 22.8 Å². The van der Waals surface area contributed by atoms with E-state index < -0.39 is 4.92 Å². The van der Waals surface area contributed by atoms with E-state index >= 15 is 0 Å². The van der Waals surface area contributed by atoms with E-state index in [9.17, 15) is 15.2 Å². The van der Waals surface area contributed by atoms with Gasteiger partial charge in [0.05, 0.1) is 18.6 Å². The van der Waals surface area contributed by atoms with Crippen LogP contribution in [0.25, 0.3) is 0 Å². The average Bonchev–Trinajstić information content (AvgIpc) is 2.48. The zero-order valence-electron chi connectivity index (χ0n) is 10.8. The molecule has 2 rings (SSSR count). The molecule has 1 N–H and O–H groups in total. The molecule has 2 aromatic rings. The Balaban J connectivity index is 2.25. The van der Waals surface area contributed by atoms with Crippen LogP contribution in [0, 0.1) is 10.1 Å². The Labute approximate surface area is 115 Å². The first-order valence-corrected chi connectivity index (χ1v) is 5.84. The predicted molar refractivity (Wildman–Crippen MR) is 72.1 cm³/mol. The fraction of sp³-hybridized carbons (Fsp3) is 0.143. The van der Waals surface area contributed by atoms with Crippen molar-refractivity contribution < 1.29 is 19.5 Å². The second kappa shape index (κ2) is 6.03. The number of rotatable bonds is 5. The van der Waals surface area contributed by atoms with Crippen LogP contribution in [0.5, 0.6) is 17.2 Å². The molecule has 104 valence electrons. The van der Waals surface area contributed by atoms with Crippen molar-refractivity contribution in [1.82, 2.24) is 0 Å². The van der Waals surface area contributed by atoms with Crippen molar-refractivity contribution in [2.24, 2.45) is 0 Å². The summed E-state index contributed by atoms with van der Waals surface area (Å²) in [6, 6.07) is 11.0. The number of nitro benzene ring substituents is 1. The Kier molecular flexibility index (Phi) is 4.17. The third kappa shape index (κ3) is 3.04. The molecule has 0 heterocycles. The summed E-state index contributed by atoms with van der Waals surface area (Å²) in [6.07, 6.45) is 0. The molecular formula is C14H13NO5. The molecule has 0 radical (unpaired) electrons. The topological polar surface area (TPSA) is 81.8 Å². The summed E-state index contributed by atoms with van der Waals surface area (Å²) in [5.41, 5.74) is 0.270. The quantitative estimate of drug-likeness (QED) is 0.670. The molecule has 0 aliphatic rings. The van der Waals surface area contributed by atoms with Gasteiger partial charge in [-0.05, 0) is 30.3 Å². The molecule has 2 aromatic carbocycles. The summed E-state index contributed by atoms with van der Waals surface area (Å²) < 4.78 is 10.6. The highest BCUT2D eigenvalue weighted by molar-refractivity contribution is 5.45. The fourth-order valence-electron chi connectivity index (χ4n) is 1.67. The molecule has 0 aliphatic heterocycles. The molecule has 0 spiro atoms. The van der Waals surface area contributed by atoms with Gasteiger partial charge in [-0.3, -0.25) is 10.1 Å². The lowest BCUT2D eigenvalue weighted by Crippen LogP contribution is -1.95. The fourth-order valence-corrected chi connectivity index (χ4v) is 1.67. The molecule has 0 fully saturated rings. The van der Waals surface area contributed by atoms with Gasteiger partial charge >= 0.3 is 0 Å². The van der Waals surface area contributed by atoms with Gasteiger partial charge in [0.2, 0.25) is 0 Å². The van der Waals surface area contributed by atoms with Crippen LogP contribution in [0.4, 0.5) is 5.69 Å². The second-order valence-electron chi connectivity index (χ2n) is 3.98. The van der Waals surface area contributed by atoms with Crippen LogP contribution in [-0.4, -0.2) is 17.1 Å². The van der Waals surface area contributed by atoms with Crippen LogP contribution in [-0.2, 0) is 6.61 Å². The molecule has 0 unspecified atom stereocenters. The molecule has 0 saturated carbocycles. The standard InChI is InChI=1S/C14H13NO5/c1-19-12-3-5-13(6-4-12)20-14-7-2-11(15(17)18)8-10(14)9-16/h2-8,16H,9H2,1H3. The van der Waals surface area contributed by atoms with Gasteiger partial charge < -0.3 is 14.6 Å². The first-order valence-electron chi connectivity index (χ1n) is 5.84. The molecule has 0 atom stereocenters. The van der Waals surface area contributed by atoms with E-state index in [1.54, 1.807) is 31.4 Å². The van der Waals surface area contributed by atoms with Crippen LogP contribution in [0.1, 0.15) is 5.56 Å². The number of non-ortho nitro benzene ring substituents is 1. The van der Waals surface area contributed by atoms with Crippen LogP contribution in [0.15, 0.2) is 42.5 Å². The predicted octanol–water partition coefficient (Wildman–Crippen LogP) is 2.89. The Morgan fingerprint density at radius 2 is 1.80 bits per heavy atom. The summed E-state index contributed by atoms with van der Waals surface area (Å²) in [5, 5.41) is 19.9. The molecular weight excluding hydrogens is 262 g/mol. The number of methoxy groups -OCH3 is 1. The Bertz CT molecular complexity index is 609. The van der Waals surface area contributed by atoms with Gasteiger partial charge in [-0.25, -0.2) is 0 Å². The summed E-state index contributed by atoms with van der Waals surface area (Å²) in [4.78, 5) is 10.2. The Hall–Kier alpha value is -2.60. The van der Waals surface area contributed by atoms with Crippen LogP contribution >= 0.6 is 0 Å². The lowest BCUT2D eigenvalue weighted by molar-refractivity contribution is -0.385. The maximum absolute atomic E-state index is 10.7. The van der Waals surface area contributed by atoms with Crippen molar-refractivity contribution >= 4 is 5.69 Å². The molecule has 6 heteroatoms. The highest BCUT2D eigenvalue weighted by Gasteiger charge is 2.11. The largest absolute Gasteiger partial charge is 0.497 e. The lowest BCUT2D eigenvalue weighted by Gasteiger charge is -2.10. The molecule has 0 bridgehead atoms. The Morgan fingerprint density at radius 1 is 1.15 bits per heavy atom. The SMILES string of the molecule is COc1ccc(Oc2ccc([N+](=O)[O-])cc2CO)cc1. The van der Waals surface area contributed by atoms with E-state index in [2.05, 4.69) is 0 Å². The number of nitrogens with zero attached hydrogens (tertiary/aromatic N) is 1. The lowest BCUT2D eigenvalue weighted by atomic mass is 10.2. The number of hydrogen-bond donors (Lipinski definition) is 1. The van der Waals surface area contributed by atoms with E-state index in [-0.39, 0.29) is 12.3 Å². The molecule has 0 aliphatic carbocycles. The number of benzene rings is 2. The summed E-state index contributed by atoms with van der Waals surface area (Å²) in [6.45, 7) is -0.340. The third-order valence-corrected chi connectivity index (χ3v) is 2.71. The maximum atomic E-state index is 10.7. The van der Waals surface area contributed by atoms with Crippen molar-refractivity contribution in [1.29, 1.82) is 0 Å². The molecule has 0 amide bonds. The smallest absolute Gasteiger partial charge is 0.270 e. The van der Waals surface area contributed by atoms with Crippen LogP contribution in [0.3, 0.4) is 0 Å². The van der Waals surface area contributed by atoms with Gasteiger partial charge in [-0.1, -0.05) is 0 Å². The Morgan fingerprint density at radius 3 is 2.35 bits per heavy atom. The zero-order chi connectivity index (χ0) is 14.5. The molecule has 0 saturated heterocycles. The normalized spacial score (nSPS) is 10.1.